The lowest BCUT2D eigenvalue weighted by Crippen LogP contribution is -2.57. The summed E-state index contributed by atoms with van der Waals surface area (Å²) in [6.45, 7) is -1.70. The highest BCUT2D eigenvalue weighted by Crippen LogP contribution is 2.04. The molecule has 0 saturated heterocycles. The maximum atomic E-state index is 11.5. The number of aromatic nitrogens is 2. The number of aliphatic hydroxyl groups is 3. The van der Waals surface area contributed by atoms with Gasteiger partial charge in [-0.1, -0.05) is 4.49 Å². The normalized spacial score (nSPS) is 11.4. The monoisotopic (exact) mass is 233 g/mol. The van der Waals surface area contributed by atoms with E-state index in [9.17, 15) is 4.79 Å². The zero-order valence-electron chi connectivity index (χ0n) is 7.75. The molecular formula is C7H11N3O4S. The summed E-state index contributed by atoms with van der Waals surface area (Å²) in [6, 6.07) is 0. The van der Waals surface area contributed by atoms with Gasteiger partial charge in [-0.3, -0.25) is 4.79 Å². The van der Waals surface area contributed by atoms with Gasteiger partial charge in [-0.05, 0) is 11.5 Å². The first kappa shape index (κ1) is 12.0. The fraction of sp³-hybridized carbons (Fsp3) is 0.571. The third-order valence-corrected chi connectivity index (χ3v) is 2.38. The summed E-state index contributed by atoms with van der Waals surface area (Å²) in [5, 5.41) is 34.1. The van der Waals surface area contributed by atoms with E-state index in [0.29, 0.717) is 0 Å². The van der Waals surface area contributed by atoms with Gasteiger partial charge in [-0.2, -0.15) is 0 Å². The second-order valence-corrected chi connectivity index (χ2v) is 3.61. The van der Waals surface area contributed by atoms with E-state index >= 15 is 0 Å². The van der Waals surface area contributed by atoms with Crippen LogP contribution in [0.15, 0.2) is 5.38 Å². The van der Waals surface area contributed by atoms with Crippen LogP contribution in [-0.2, 0) is 0 Å². The summed E-state index contributed by atoms with van der Waals surface area (Å²) >= 11 is 1.01. The summed E-state index contributed by atoms with van der Waals surface area (Å²) in [5.74, 6) is -0.596. The predicted octanol–water partition coefficient (Wildman–Crippen LogP) is -2.02. The maximum Gasteiger partial charge on any atom is 0.273 e. The summed E-state index contributed by atoms with van der Waals surface area (Å²) in [4.78, 5) is 11.5. The molecule has 0 aliphatic carbocycles. The van der Waals surface area contributed by atoms with E-state index in [1.807, 2.05) is 0 Å². The molecule has 8 heteroatoms. The molecule has 84 valence electrons. The maximum absolute atomic E-state index is 11.5. The molecule has 7 nitrogen and oxygen atoms in total. The van der Waals surface area contributed by atoms with Crippen LogP contribution >= 0.6 is 11.5 Å². The Morgan fingerprint density at radius 3 is 2.40 bits per heavy atom. The van der Waals surface area contributed by atoms with E-state index in [0.717, 1.165) is 11.5 Å². The predicted molar refractivity (Wildman–Crippen MR) is 51.4 cm³/mol. The molecule has 0 aromatic carbocycles. The van der Waals surface area contributed by atoms with Gasteiger partial charge in [0, 0.05) is 5.38 Å². The van der Waals surface area contributed by atoms with E-state index in [1.54, 1.807) is 0 Å². The summed E-state index contributed by atoms with van der Waals surface area (Å²) in [6.07, 6.45) is 0. The fourth-order valence-corrected chi connectivity index (χ4v) is 1.27. The smallest absolute Gasteiger partial charge is 0.273 e. The number of nitrogens with one attached hydrogen (secondary N) is 1. The van der Waals surface area contributed by atoms with Gasteiger partial charge in [0.2, 0.25) is 0 Å². The minimum absolute atomic E-state index is 0.0831. The number of carbonyl (C=O) groups is 1. The lowest BCUT2D eigenvalue weighted by atomic mass is 10.0. The first-order valence-electron chi connectivity index (χ1n) is 4.09. The average molecular weight is 233 g/mol. The fourth-order valence-electron chi connectivity index (χ4n) is 0.837. The second kappa shape index (κ2) is 5.12. The molecule has 0 radical (unpaired) electrons. The van der Waals surface area contributed by atoms with Crippen molar-refractivity contribution >= 4 is 17.4 Å². The van der Waals surface area contributed by atoms with Gasteiger partial charge in [0.15, 0.2) is 5.69 Å². The number of amides is 1. The van der Waals surface area contributed by atoms with Gasteiger partial charge in [0.05, 0.1) is 19.8 Å². The van der Waals surface area contributed by atoms with Crippen molar-refractivity contribution in [2.45, 2.75) is 5.54 Å². The van der Waals surface area contributed by atoms with Gasteiger partial charge >= 0.3 is 0 Å². The lowest BCUT2D eigenvalue weighted by Gasteiger charge is -2.28. The van der Waals surface area contributed by atoms with Crippen molar-refractivity contribution in [3.05, 3.63) is 11.1 Å². The van der Waals surface area contributed by atoms with Crippen molar-refractivity contribution in [3.8, 4) is 0 Å². The van der Waals surface area contributed by atoms with Crippen molar-refractivity contribution < 1.29 is 20.1 Å². The van der Waals surface area contributed by atoms with Crippen LogP contribution in [0.2, 0.25) is 0 Å². The Labute approximate surface area is 89.5 Å². The minimum atomic E-state index is -1.43. The number of carbonyl (C=O) groups excluding carboxylic acids is 1. The Morgan fingerprint density at radius 1 is 1.40 bits per heavy atom. The molecule has 1 amide bonds. The SMILES string of the molecule is O=C(NC(CO)(CO)CO)c1csnn1. The topological polar surface area (TPSA) is 116 Å². The molecule has 0 atom stereocenters. The Bertz CT molecular complexity index is 304. The highest BCUT2D eigenvalue weighted by molar-refractivity contribution is 7.03. The Balaban J connectivity index is 2.71. The Hall–Kier alpha value is -1.09. The van der Waals surface area contributed by atoms with Crippen LogP contribution in [0, 0.1) is 0 Å². The van der Waals surface area contributed by atoms with Gasteiger partial charge in [-0.25, -0.2) is 0 Å². The molecule has 0 aliphatic rings. The third kappa shape index (κ3) is 2.69. The molecule has 1 rings (SSSR count). The standard InChI is InChI=1S/C7H11N3O4S/c11-2-7(3-12,4-13)8-6(14)5-1-15-10-9-5/h1,11-13H,2-4H2,(H,8,14). The van der Waals surface area contributed by atoms with Gasteiger partial charge in [0.1, 0.15) is 5.54 Å². The van der Waals surface area contributed by atoms with Crippen molar-refractivity contribution in [1.82, 2.24) is 14.9 Å². The van der Waals surface area contributed by atoms with Gasteiger partial charge in [-0.15, -0.1) is 5.10 Å². The average Bonchev–Trinajstić information content (AvgIpc) is 2.79. The zero-order valence-corrected chi connectivity index (χ0v) is 8.57. The molecule has 1 heterocycles. The molecular weight excluding hydrogens is 222 g/mol. The van der Waals surface area contributed by atoms with Crippen LogP contribution in [0.25, 0.3) is 0 Å². The molecule has 0 bridgehead atoms. The van der Waals surface area contributed by atoms with E-state index in [4.69, 9.17) is 15.3 Å². The summed E-state index contributed by atoms with van der Waals surface area (Å²) < 4.78 is 3.49. The quantitative estimate of drug-likeness (QED) is 0.467. The van der Waals surface area contributed by atoms with Crippen molar-refractivity contribution in [2.24, 2.45) is 0 Å². The minimum Gasteiger partial charge on any atom is -0.394 e. The van der Waals surface area contributed by atoms with Crippen molar-refractivity contribution in [3.63, 3.8) is 0 Å². The first-order valence-corrected chi connectivity index (χ1v) is 4.93. The van der Waals surface area contributed by atoms with Gasteiger partial charge in [0.25, 0.3) is 5.91 Å². The van der Waals surface area contributed by atoms with Crippen LogP contribution in [0.1, 0.15) is 10.5 Å². The number of nitrogens with zero attached hydrogens (tertiary/aromatic N) is 2. The number of aliphatic hydroxyl groups excluding tert-OH is 3. The molecule has 15 heavy (non-hydrogen) atoms. The van der Waals surface area contributed by atoms with E-state index in [2.05, 4.69) is 14.9 Å². The van der Waals surface area contributed by atoms with Crippen molar-refractivity contribution in [1.29, 1.82) is 0 Å². The van der Waals surface area contributed by atoms with Crippen LogP contribution in [0.3, 0.4) is 0 Å². The molecule has 0 saturated carbocycles. The van der Waals surface area contributed by atoms with Crippen molar-refractivity contribution in [2.75, 3.05) is 19.8 Å². The van der Waals surface area contributed by atoms with Crippen LogP contribution in [0.4, 0.5) is 0 Å². The summed E-state index contributed by atoms with van der Waals surface area (Å²) in [7, 11) is 0. The Kier molecular flexibility index (Phi) is 4.09. The zero-order chi connectivity index (χ0) is 11.3. The molecule has 4 N–H and O–H groups in total. The Morgan fingerprint density at radius 2 is 2.00 bits per heavy atom. The van der Waals surface area contributed by atoms with E-state index in [1.165, 1.54) is 5.38 Å². The second-order valence-electron chi connectivity index (χ2n) is 3.00. The van der Waals surface area contributed by atoms with Crippen LogP contribution in [0.5, 0.6) is 0 Å². The molecule has 0 fully saturated rings. The number of hydrogen-bond donors (Lipinski definition) is 4. The molecule has 0 unspecified atom stereocenters. The molecule has 1 aromatic rings. The highest BCUT2D eigenvalue weighted by atomic mass is 32.1. The molecule has 0 spiro atoms. The molecule has 1 aromatic heterocycles. The highest BCUT2D eigenvalue weighted by Gasteiger charge is 2.30. The largest absolute Gasteiger partial charge is 0.394 e. The number of rotatable bonds is 5. The third-order valence-electron chi connectivity index (χ3n) is 1.88. The van der Waals surface area contributed by atoms with E-state index in [-0.39, 0.29) is 5.69 Å². The first-order chi connectivity index (χ1) is 7.17. The van der Waals surface area contributed by atoms with Crippen LogP contribution < -0.4 is 5.32 Å². The molecule has 0 aliphatic heterocycles. The summed E-state index contributed by atoms with van der Waals surface area (Å²) in [5.41, 5.74) is -1.35. The number of hydrogen-bond acceptors (Lipinski definition) is 7. The van der Waals surface area contributed by atoms with Gasteiger partial charge < -0.3 is 20.6 Å². The lowest BCUT2D eigenvalue weighted by molar-refractivity contribution is 0.0373. The van der Waals surface area contributed by atoms with E-state index < -0.39 is 31.3 Å². The van der Waals surface area contributed by atoms with Crippen LogP contribution in [-0.4, -0.2) is 56.2 Å².